The van der Waals surface area contributed by atoms with Gasteiger partial charge in [0, 0.05) is 24.0 Å². The number of halogens is 1. The molecule has 16 heavy (non-hydrogen) atoms. The Morgan fingerprint density at radius 3 is 2.56 bits per heavy atom. The van der Waals surface area contributed by atoms with Gasteiger partial charge < -0.3 is 4.74 Å². The van der Waals surface area contributed by atoms with Gasteiger partial charge in [-0.2, -0.15) is 0 Å². The van der Waals surface area contributed by atoms with E-state index < -0.39 is 0 Å². The Kier molecular flexibility index (Phi) is 3.37. The molecule has 0 saturated heterocycles. The van der Waals surface area contributed by atoms with Gasteiger partial charge in [-0.25, -0.2) is 4.98 Å². The summed E-state index contributed by atoms with van der Waals surface area (Å²) in [6, 6.07) is 7.64. The maximum atomic E-state index is 5.88. The van der Waals surface area contributed by atoms with Gasteiger partial charge in [0.15, 0.2) is 0 Å². The molecule has 0 radical (unpaired) electrons. The maximum absolute atomic E-state index is 5.88. The fourth-order valence-corrected chi connectivity index (χ4v) is 1.69. The first-order valence-corrected chi connectivity index (χ1v) is 5.39. The Hall–Kier alpha value is -1.61. The van der Waals surface area contributed by atoms with Crippen LogP contribution in [-0.4, -0.2) is 17.1 Å². The standard InChI is InChI=1S/C12H11ClN2O/c1-16-12-3-2-10(11(8-13)15-12)9-4-6-14-7-5-9/h2-7H,8H2,1H3. The van der Waals surface area contributed by atoms with E-state index in [1.807, 2.05) is 24.3 Å². The molecule has 0 amide bonds. The van der Waals surface area contributed by atoms with Crippen LogP contribution in [0, 0.1) is 0 Å². The highest BCUT2D eigenvalue weighted by atomic mass is 35.5. The van der Waals surface area contributed by atoms with Crippen LogP contribution in [0.5, 0.6) is 5.88 Å². The van der Waals surface area contributed by atoms with E-state index in [2.05, 4.69) is 9.97 Å². The molecule has 2 heterocycles. The van der Waals surface area contributed by atoms with E-state index in [1.165, 1.54) is 0 Å². The smallest absolute Gasteiger partial charge is 0.213 e. The van der Waals surface area contributed by atoms with Crippen molar-refractivity contribution in [1.29, 1.82) is 0 Å². The van der Waals surface area contributed by atoms with Crippen LogP contribution in [0.15, 0.2) is 36.7 Å². The lowest BCUT2D eigenvalue weighted by atomic mass is 10.1. The zero-order chi connectivity index (χ0) is 11.4. The minimum absolute atomic E-state index is 0.356. The molecule has 0 aromatic carbocycles. The van der Waals surface area contributed by atoms with Crippen LogP contribution in [-0.2, 0) is 5.88 Å². The van der Waals surface area contributed by atoms with Crippen molar-refractivity contribution in [2.75, 3.05) is 7.11 Å². The van der Waals surface area contributed by atoms with Gasteiger partial charge in [0.1, 0.15) is 0 Å². The number of hydrogen-bond acceptors (Lipinski definition) is 3. The van der Waals surface area contributed by atoms with E-state index in [0.717, 1.165) is 16.8 Å². The van der Waals surface area contributed by atoms with Gasteiger partial charge in [0.25, 0.3) is 0 Å². The maximum Gasteiger partial charge on any atom is 0.213 e. The molecule has 82 valence electrons. The van der Waals surface area contributed by atoms with Crippen LogP contribution in [0.4, 0.5) is 0 Å². The molecule has 0 aliphatic heterocycles. The predicted molar refractivity (Wildman–Crippen MR) is 63.6 cm³/mol. The molecule has 0 fully saturated rings. The summed E-state index contributed by atoms with van der Waals surface area (Å²) in [5, 5.41) is 0. The van der Waals surface area contributed by atoms with Crippen molar-refractivity contribution >= 4 is 11.6 Å². The third kappa shape index (κ3) is 2.14. The summed E-state index contributed by atoms with van der Waals surface area (Å²) in [6.07, 6.45) is 3.50. The third-order valence-corrected chi connectivity index (χ3v) is 2.53. The van der Waals surface area contributed by atoms with Gasteiger partial charge >= 0.3 is 0 Å². The Morgan fingerprint density at radius 2 is 1.94 bits per heavy atom. The SMILES string of the molecule is COc1ccc(-c2ccncc2)c(CCl)n1. The highest BCUT2D eigenvalue weighted by Crippen LogP contribution is 2.25. The molecule has 2 rings (SSSR count). The normalized spacial score (nSPS) is 10.1. The van der Waals surface area contributed by atoms with E-state index in [9.17, 15) is 0 Å². The Bertz CT molecular complexity index is 474. The number of aromatic nitrogens is 2. The van der Waals surface area contributed by atoms with Gasteiger partial charge in [0.05, 0.1) is 18.7 Å². The fraction of sp³-hybridized carbons (Fsp3) is 0.167. The minimum atomic E-state index is 0.356. The van der Waals surface area contributed by atoms with Crippen LogP contribution >= 0.6 is 11.6 Å². The topological polar surface area (TPSA) is 35.0 Å². The monoisotopic (exact) mass is 234 g/mol. The molecule has 0 N–H and O–H groups in total. The predicted octanol–water partition coefficient (Wildman–Crippen LogP) is 2.89. The average Bonchev–Trinajstić information content (AvgIpc) is 2.39. The molecule has 0 bridgehead atoms. The second-order valence-corrected chi connectivity index (χ2v) is 3.48. The number of alkyl halides is 1. The average molecular weight is 235 g/mol. The first-order chi connectivity index (χ1) is 7.85. The van der Waals surface area contributed by atoms with E-state index in [-0.39, 0.29) is 0 Å². The minimum Gasteiger partial charge on any atom is -0.481 e. The Morgan fingerprint density at radius 1 is 1.19 bits per heavy atom. The fourth-order valence-electron chi connectivity index (χ4n) is 1.49. The number of ether oxygens (including phenoxy) is 1. The lowest BCUT2D eigenvalue weighted by molar-refractivity contribution is 0.397. The number of methoxy groups -OCH3 is 1. The molecule has 4 heteroatoms. The zero-order valence-corrected chi connectivity index (χ0v) is 9.61. The van der Waals surface area contributed by atoms with Crippen molar-refractivity contribution in [2.45, 2.75) is 5.88 Å². The molecule has 3 nitrogen and oxygen atoms in total. The number of hydrogen-bond donors (Lipinski definition) is 0. The van der Waals surface area contributed by atoms with Crippen LogP contribution in [0.1, 0.15) is 5.69 Å². The van der Waals surface area contributed by atoms with Gasteiger partial charge in [-0.15, -0.1) is 11.6 Å². The summed E-state index contributed by atoms with van der Waals surface area (Å²) >= 11 is 5.88. The van der Waals surface area contributed by atoms with Crippen molar-refractivity contribution in [3.05, 3.63) is 42.4 Å². The molecule has 0 aliphatic rings. The molecule has 2 aromatic heterocycles. The lowest BCUT2D eigenvalue weighted by Crippen LogP contribution is -1.95. The van der Waals surface area contributed by atoms with E-state index in [4.69, 9.17) is 16.3 Å². The van der Waals surface area contributed by atoms with E-state index >= 15 is 0 Å². The number of nitrogens with zero attached hydrogens (tertiary/aromatic N) is 2. The summed E-state index contributed by atoms with van der Waals surface area (Å²) in [6.45, 7) is 0. The summed E-state index contributed by atoms with van der Waals surface area (Å²) < 4.78 is 5.07. The first kappa shape index (κ1) is 10.9. The van der Waals surface area contributed by atoms with Gasteiger partial charge in [-0.3, -0.25) is 4.98 Å². The molecule has 2 aromatic rings. The van der Waals surface area contributed by atoms with Crippen LogP contribution in [0.2, 0.25) is 0 Å². The highest BCUT2D eigenvalue weighted by Gasteiger charge is 2.07. The quantitative estimate of drug-likeness (QED) is 0.766. The summed E-state index contributed by atoms with van der Waals surface area (Å²) in [4.78, 5) is 8.29. The number of rotatable bonds is 3. The van der Waals surface area contributed by atoms with Gasteiger partial charge in [0.2, 0.25) is 5.88 Å². The molecule has 0 spiro atoms. The number of pyridine rings is 2. The largest absolute Gasteiger partial charge is 0.481 e. The summed E-state index contributed by atoms with van der Waals surface area (Å²) in [5.74, 6) is 0.933. The van der Waals surface area contributed by atoms with E-state index in [0.29, 0.717) is 11.8 Å². The van der Waals surface area contributed by atoms with E-state index in [1.54, 1.807) is 19.5 Å². The van der Waals surface area contributed by atoms with Crippen molar-refractivity contribution < 1.29 is 4.74 Å². The van der Waals surface area contributed by atoms with Crippen molar-refractivity contribution in [2.24, 2.45) is 0 Å². The van der Waals surface area contributed by atoms with Crippen LogP contribution in [0.3, 0.4) is 0 Å². The molecule has 0 atom stereocenters. The molecule has 0 unspecified atom stereocenters. The molecule has 0 aliphatic carbocycles. The summed E-state index contributed by atoms with van der Waals surface area (Å²) in [5.41, 5.74) is 2.88. The Labute approximate surface area is 99.1 Å². The second-order valence-electron chi connectivity index (χ2n) is 3.22. The lowest BCUT2D eigenvalue weighted by Gasteiger charge is -2.08. The first-order valence-electron chi connectivity index (χ1n) is 4.85. The van der Waals surface area contributed by atoms with Crippen molar-refractivity contribution in [3.63, 3.8) is 0 Å². The Balaban J connectivity index is 2.49. The highest BCUT2D eigenvalue weighted by molar-refractivity contribution is 6.17. The van der Waals surface area contributed by atoms with Gasteiger partial charge in [-0.1, -0.05) is 0 Å². The third-order valence-electron chi connectivity index (χ3n) is 2.28. The summed E-state index contributed by atoms with van der Waals surface area (Å²) in [7, 11) is 1.59. The van der Waals surface area contributed by atoms with Crippen molar-refractivity contribution in [1.82, 2.24) is 9.97 Å². The molecular weight excluding hydrogens is 224 g/mol. The van der Waals surface area contributed by atoms with Crippen LogP contribution in [0.25, 0.3) is 11.1 Å². The zero-order valence-electron chi connectivity index (χ0n) is 8.85. The second kappa shape index (κ2) is 4.94. The molecular formula is C12H11ClN2O. The van der Waals surface area contributed by atoms with Gasteiger partial charge in [-0.05, 0) is 23.8 Å². The van der Waals surface area contributed by atoms with Crippen LogP contribution < -0.4 is 4.74 Å². The molecule has 0 saturated carbocycles. The van der Waals surface area contributed by atoms with Crippen molar-refractivity contribution in [3.8, 4) is 17.0 Å².